The molecule has 0 atom stereocenters. The molecule has 0 aromatic heterocycles. The van der Waals surface area contributed by atoms with Crippen LogP contribution >= 0.6 is 0 Å². The summed E-state index contributed by atoms with van der Waals surface area (Å²) in [5.74, 6) is -1.12. The van der Waals surface area contributed by atoms with Crippen LogP contribution in [0.15, 0.2) is 18.2 Å². The zero-order chi connectivity index (χ0) is 14.1. The van der Waals surface area contributed by atoms with Gasteiger partial charge < -0.3 is 10.8 Å². The third kappa shape index (κ3) is 2.54. The largest absolute Gasteiger partial charge is 0.478 e. The molecule has 3 N–H and O–H groups in total. The smallest absolute Gasteiger partial charge is 0.335 e. The highest BCUT2D eigenvalue weighted by atomic mass is 32.2. The van der Waals surface area contributed by atoms with E-state index < -0.39 is 16.2 Å². The van der Waals surface area contributed by atoms with Crippen LogP contribution in [0.5, 0.6) is 0 Å². The maximum absolute atomic E-state index is 11.9. The van der Waals surface area contributed by atoms with E-state index in [1.54, 1.807) is 0 Å². The minimum Gasteiger partial charge on any atom is -0.478 e. The van der Waals surface area contributed by atoms with Crippen LogP contribution in [0.3, 0.4) is 0 Å². The topological polar surface area (TPSA) is 104 Å². The molecular weight excluding hydrogens is 258 g/mol. The minimum absolute atomic E-state index is 0.00639. The van der Waals surface area contributed by atoms with Crippen molar-refractivity contribution in [3.8, 4) is 0 Å². The predicted octanol–water partition coefficient (Wildman–Crippen LogP) is 0.210. The molecule has 0 aliphatic rings. The molecule has 1 aromatic rings. The maximum Gasteiger partial charge on any atom is 0.335 e. The van der Waals surface area contributed by atoms with Gasteiger partial charge in [0, 0.05) is 21.1 Å². The van der Waals surface area contributed by atoms with Crippen molar-refractivity contribution in [3.63, 3.8) is 0 Å². The number of nitrogen functional groups attached to an aromatic ring is 1. The summed E-state index contributed by atoms with van der Waals surface area (Å²) in [5, 5.41) is 8.79. The number of anilines is 2. The summed E-state index contributed by atoms with van der Waals surface area (Å²) >= 11 is 0. The molecule has 8 heteroatoms. The molecule has 0 spiro atoms. The number of nitrogens with zero attached hydrogens (tertiary/aromatic N) is 2. The highest BCUT2D eigenvalue weighted by Crippen LogP contribution is 2.26. The number of aromatic carboxylic acids is 1. The molecule has 0 fully saturated rings. The standard InChI is InChI=1S/C10H15N3O4S/c1-12(2)18(16,17)13(3)9-5-4-7(10(14)15)6-8(9)11/h4-6H,11H2,1-3H3,(H,14,15). The second-order valence-corrected chi connectivity index (χ2v) is 6.01. The lowest BCUT2D eigenvalue weighted by Gasteiger charge is -2.24. The van der Waals surface area contributed by atoms with Crippen molar-refractivity contribution < 1.29 is 18.3 Å². The first-order valence-corrected chi connectivity index (χ1v) is 6.37. The summed E-state index contributed by atoms with van der Waals surface area (Å²) in [6.45, 7) is 0. The van der Waals surface area contributed by atoms with Crippen molar-refractivity contribution in [3.05, 3.63) is 23.8 Å². The fourth-order valence-corrected chi connectivity index (χ4v) is 2.25. The van der Waals surface area contributed by atoms with Gasteiger partial charge in [0.25, 0.3) is 0 Å². The van der Waals surface area contributed by atoms with Crippen LogP contribution in [-0.2, 0) is 10.2 Å². The van der Waals surface area contributed by atoms with Gasteiger partial charge in [-0.3, -0.25) is 4.31 Å². The normalized spacial score (nSPS) is 11.6. The van der Waals surface area contributed by atoms with E-state index in [1.807, 2.05) is 0 Å². The average Bonchev–Trinajstić information content (AvgIpc) is 2.27. The van der Waals surface area contributed by atoms with Crippen molar-refractivity contribution >= 4 is 27.6 Å². The zero-order valence-electron chi connectivity index (χ0n) is 10.3. The number of hydrogen-bond acceptors (Lipinski definition) is 4. The lowest BCUT2D eigenvalue weighted by molar-refractivity contribution is 0.0697. The first-order chi connectivity index (χ1) is 8.17. The van der Waals surface area contributed by atoms with E-state index in [4.69, 9.17) is 10.8 Å². The van der Waals surface area contributed by atoms with Crippen molar-refractivity contribution in [2.45, 2.75) is 0 Å². The van der Waals surface area contributed by atoms with Crippen molar-refractivity contribution in [1.82, 2.24) is 4.31 Å². The van der Waals surface area contributed by atoms with Crippen LogP contribution < -0.4 is 10.0 Å². The summed E-state index contributed by atoms with van der Waals surface area (Å²) in [7, 11) is 0.495. The third-order valence-corrected chi connectivity index (χ3v) is 4.23. The van der Waals surface area contributed by atoms with Crippen LogP contribution in [0, 0.1) is 0 Å². The molecule has 0 amide bonds. The summed E-state index contributed by atoms with van der Waals surface area (Å²) < 4.78 is 25.8. The zero-order valence-corrected chi connectivity index (χ0v) is 11.1. The molecule has 1 rings (SSSR count). The molecule has 0 radical (unpaired) electrons. The molecule has 0 aliphatic heterocycles. The number of rotatable bonds is 4. The third-order valence-electron chi connectivity index (χ3n) is 2.42. The number of carbonyl (C=O) groups is 1. The average molecular weight is 273 g/mol. The van der Waals surface area contributed by atoms with Crippen LogP contribution in [0.2, 0.25) is 0 Å². The van der Waals surface area contributed by atoms with Gasteiger partial charge in [0.15, 0.2) is 0 Å². The van der Waals surface area contributed by atoms with E-state index in [1.165, 1.54) is 39.3 Å². The van der Waals surface area contributed by atoms with E-state index in [-0.39, 0.29) is 16.9 Å². The van der Waals surface area contributed by atoms with Gasteiger partial charge in [-0.15, -0.1) is 0 Å². The van der Waals surface area contributed by atoms with Gasteiger partial charge in [0.1, 0.15) is 0 Å². The van der Waals surface area contributed by atoms with E-state index in [0.29, 0.717) is 0 Å². The quantitative estimate of drug-likeness (QED) is 0.763. The van der Waals surface area contributed by atoms with Gasteiger partial charge in [0.2, 0.25) is 0 Å². The van der Waals surface area contributed by atoms with Crippen LogP contribution in [0.1, 0.15) is 10.4 Å². The SMILES string of the molecule is CN(C)S(=O)(=O)N(C)c1ccc(C(=O)O)cc1N. The Morgan fingerprint density at radius 3 is 2.22 bits per heavy atom. The molecule has 7 nitrogen and oxygen atoms in total. The van der Waals surface area contributed by atoms with E-state index in [9.17, 15) is 13.2 Å². The maximum atomic E-state index is 11.9. The molecule has 1 aromatic carbocycles. The Hall–Kier alpha value is -1.80. The van der Waals surface area contributed by atoms with Crippen molar-refractivity contribution in [2.75, 3.05) is 31.2 Å². The first-order valence-electron chi connectivity index (χ1n) is 4.97. The van der Waals surface area contributed by atoms with Crippen molar-refractivity contribution in [2.24, 2.45) is 0 Å². The van der Waals surface area contributed by atoms with Gasteiger partial charge in [-0.2, -0.15) is 12.7 Å². The fraction of sp³-hybridized carbons (Fsp3) is 0.300. The van der Waals surface area contributed by atoms with E-state index in [0.717, 1.165) is 8.61 Å². The number of carboxylic acids is 1. The molecule has 0 saturated carbocycles. The number of nitrogens with two attached hydrogens (primary N) is 1. The van der Waals surface area contributed by atoms with Crippen molar-refractivity contribution in [1.29, 1.82) is 0 Å². The second kappa shape index (κ2) is 4.83. The van der Waals surface area contributed by atoms with Crippen LogP contribution in [0.4, 0.5) is 11.4 Å². The van der Waals surface area contributed by atoms with Gasteiger partial charge in [-0.25, -0.2) is 4.79 Å². The Bertz CT molecular complexity index is 568. The number of benzene rings is 1. The number of hydrogen-bond donors (Lipinski definition) is 2. The molecular formula is C10H15N3O4S. The molecule has 100 valence electrons. The summed E-state index contributed by atoms with van der Waals surface area (Å²) in [5.41, 5.74) is 5.99. The van der Waals surface area contributed by atoms with Gasteiger partial charge in [-0.1, -0.05) is 0 Å². The lowest BCUT2D eigenvalue weighted by Crippen LogP contribution is -2.37. The molecule has 0 saturated heterocycles. The Labute approximate surface area is 106 Å². The first kappa shape index (κ1) is 14.3. The van der Waals surface area contributed by atoms with E-state index in [2.05, 4.69) is 0 Å². The summed E-state index contributed by atoms with van der Waals surface area (Å²) in [6.07, 6.45) is 0. The second-order valence-electron chi connectivity index (χ2n) is 3.84. The van der Waals surface area contributed by atoms with E-state index >= 15 is 0 Å². The fourth-order valence-electron chi connectivity index (χ4n) is 1.34. The van der Waals surface area contributed by atoms with Gasteiger partial charge >= 0.3 is 16.2 Å². The van der Waals surface area contributed by atoms with Crippen LogP contribution in [0.25, 0.3) is 0 Å². The van der Waals surface area contributed by atoms with Gasteiger partial charge in [-0.05, 0) is 18.2 Å². The highest BCUT2D eigenvalue weighted by Gasteiger charge is 2.22. The Morgan fingerprint density at radius 2 is 1.83 bits per heavy atom. The molecule has 18 heavy (non-hydrogen) atoms. The van der Waals surface area contributed by atoms with Crippen LogP contribution in [-0.4, -0.2) is 44.9 Å². The highest BCUT2D eigenvalue weighted by molar-refractivity contribution is 7.90. The lowest BCUT2D eigenvalue weighted by atomic mass is 10.2. The predicted molar refractivity (Wildman–Crippen MR) is 68.8 cm³/mol. The summed E-state index contributed by atoms with van der Waals surface area (Å²) in [6, 6.07) is 3.88. The monoisotopic (exact) mass is 273 g/mol. The Kier molecular flexibility index (Phi) is 3.82. The van der Waals surface area contributed by atoms with Gasteiger partial charge in [0.05, 0.1) is 16.9 Å². The summed E-state index contributed by atoms with van der Waals surface area (Å²) in [4.78, 5) is 10.7. The Balaban J connectivity index is 3.24. The molecule has 0 bridgehead atoms. The number of carboxylic acid groups (broad SMARTS) is 1. The Morgan fingerprint density at radius 1 is 1.28 bits per heavy atom. The molecule has 0 heterocycles. The minimum atomic E-state index is -3.65. The molecule has 0 aliphatic carbocycles. The molecule has 0 unspecified atom stereocenters.